The number of halogens is 2. The van der Waals surface area contributed by atoms with Gasteiger partial charge in [-0.15, -0.1) is 0 Å². The van der Waals surface area contributed by atoms with E-state index < -0.39 is 12.3 Å². The molecule has 1 aromatic carbocycles. The zero-order chi connectivity index (χ0) is 22.4. The van der Waals surface area contributed by atoms with Crippen LogP contribution >= 0.6 is 11.6 Å². The number of anilines is 2. The molecule has 2 N–H and O–H groups in total. The Balaban J connectivity index is 1.39. The van der Waals surface area contributed by atoms with Gasteiger partial charge in [-0.05, 0) is 43.7 Å². The van der Waals surface area contributed by atoms with Crippen LogP contribution in [-0.2, 0) is 11.8 Å². The summed E-state index contributed by atoms with van der Waals surface area (Å²) in [4.78, 5) is 11.1. The number of alkyl halides is 1. The van der Waals surface area contributed by atoms with Crippen LogP contribution in [0.15, 0.2) is 30.6 Å². The number of nitrogens with one attached hydrogen (secondary N) is 1. The van der Waals surface area contributed by atoms with E-state index in [-0.39, 0.29) is 18.5 Å². The first-order valence-corrected chi connectivity index (χ1v) is 11.3. The second-order valence-electron chi connectivity index (χ2n) is 8.76. The largest absolute Gasteiger partial charge is 0.389 e. The molecule has 2 aliphatic rings. The molecule has 2 unspecified atom stereocenters. The number of aliphatic hydroxyl groups is 1. The maximum atomic E-state index is 15.3. The molecule has 2 fully saturated rings. The van der Waals surface area contributed by atoms with Gasteiger partial charge in [-0.2, -0.15) is 0 Å². The number of ether oxygens (including phenoxy) is 1. The van der Waals surface area contributed by atoms with Crippen LogP contribution in [0.3, 0.4) is 0 Å². The van der Waals surface area contributed by atoms with E-state index in [0.29, 0.717) is 37.2 Å². The number of benzene rings is 1. The maximum Gasteiger partial charge on any atom is 0.227 e. The van der Waals surface area contributed by atoms with Gasteiger partial charge < -0.3 is 19.7 Å². The van der Waals surface area contributed by atoms with Crippen molar-refractivity contribution in [3.05, 3.63) is 46.9 Å². The molecule has 2 saturated heterocycles. The van der Waals surface area contributed by atoms with Crippen molar-refractivity contribution in [2.75, 3.05) is 31.6 Å². The highest BCUT2D eigenvalue weighted by Crippen LogP contribution is 2.37. The third-order valence-corrected chi connectivity index (χ3v) is 7.12. The molecule has 2 aliphatic heterocycles. The molecule has 0 saturated carbocycles. The lowest BCUT2D eigenvalue weighted by Crippen LogP contribution is -2.50. The number of likely N-dealkylation sites (tertiary alicyclic amines) is 1. The van der Waals surface area contributed by atoms with Crippen LogP contribution in [0.1, 0.15) is 23.6 Å². The Bertz CT molecular complexity index is 1140. The highest BCUT2D eigenvalue weighted by molar-refractivity contribution is 6.32. The van der Waals surface area contributed by atoms with Crippen molar-refractivity contribution in [2.45, 2.75) is 37.6 Å². The van der Waals surface area contributed by atoms with Crippen LogP contribution in [0.4, 0.5) is 16.0 Å². The molecule has 4 atom stereocenters. The monoisotopic (exact) mass is 459 g/mol. The highest BCUT2D eigenvalue weighted by atomic mass is 35.5. The van der Waals surface area contributed by atoms with Crippen molar-refractivity contribution < 1.29 is 14.2 Å². The molecule has 0 bridgehead atoms. The number of nitrogens with zero attached hydrogens (tertiary/aromatic N) is 4. The summed E-state index contributed by atoms with van der Waals surface area (Å²) in [6, 6.07) is 5.55. The van der Waals surface area contributed by atoms with E-state index in [1.807, 2.05) is 47.8 Å². The quantitative estimate of drug-likeness (QED) is 0.621. The number of aryl methyl sites for hydroxylation is 1. The van der Waals surface area contributed by atoms with Gasteiger partial charge in [-0.3, -0.25) is 4.90 Å². The van der Waals surface area contributed by atoms with E-state index in [2.05, 4.69) is 15.3 Å². The second kappa shape index (κ2) is 8.59. The van der Waals surface area contributed by atoms with Gasteiger partial charge in [0.15, 0.2) is 0 Å². The summed E-state index contributed by atoms with van der Waals surface area (Å²) in [5.41, 5.74) is 3.52. The van der Waals surface area contributed by atoms with Crippen molar-refractivity contribution in [1.82, 2.24) is 19.4 Å². The van der Waals surface area contributed by atoms with Crippen LogP contribution in [0.25, 0.3) is 10.9 Å². The lowest BCUT2D eigenvalue weighted by atomic mass is 9.86. The molecular weight excluding hydrogens is 433 g/mol. The Hall–Kier alpha value is -2.26. The van der Waals surface area contributed by atoms with Gasteiger partial charge >= 0.3 is 0 Å². The topological polar surface area (TPSA) is 75.4 Å². The van der Waals surface area contributed by atoms with Gasteiger partial charge in [-0.25, -0.2) is 14.4 Å². The molecule has 5 rings (SSSR count). The lowest BCUT2D eigenvalue weighted by molar-refractivity contribution is 0.0353. The van der Waals surface area contributed by atoms with Crippen LogP contribution in [0.2, 0.25) is 5.02 Å². The first-order chi connectivity index (χ1) is 15.4. The van der Waals surface area contributed by atoms with Gasteiger partial charge in [0.2, 0.25) is 5.95 Å². The Labute approximate surface area is 191 Å². The van der Waals surface area contributed by atoms with Crippen LogP contribution in [0.5, 0.6) is 0 Å². The molecular formula is C23H27ClFN5O2. The molecule has 32 heavy (non-hydrogen) atoms. The Kier molecular flexibility index (Phi) is 5.79. The molecule has 170 valence electrons. The minimum atomic E-state index is -1.09. The third kappa shape index (κ3) is 3.96. The highest BCUT2D eigenvalue weighted by Gasteiger charge is 2.39. The summed E-state index contributed by atoms with van der Waals surface area (Å²) in [7, 11) is 1.98. The number of fused-ring (bicyclic) bond motifs is 1. The molecule has 0 aliphatic carbocycles. The Morgan fingerprint density at radius 2 is 2.16 bits per heavy atom. The number of rotatable bonds is 4. The predicted molar refractivity (Wildman–Crippen MR) is 122 cm³/mol. The van der Waals surface area contributed by atoms with Gasteiger partial charge in [0, 0.05) is 48.0 Å². The first kappa shape index (κ1) is 21.6. The van der Waals surface area contributed by atoms with Gasteiger partial charge in [0.1, 0.15) is 6.17 Å². The van der Waals surface area contributed by atoms with Crippen molar-refractivity contribution in [3.63, 3.8) is 0 Å². The first-order valence-electron chi connectivity index (χ1n) is 10.9. The van der Waals surface area contributed by atoms with Gasteiger partial charge in [0.05, 0.1) is 36.6 Å². The zero-order valence-corrected chi connectivity index (χ0v) is 18.9. The normalized spacial score (nSPS) is 26.7. The second-order valence-corrected chi connectivity index (χ2v) is 9.16. The fraction of sp³-hybridized carbons (Fsp3) is 0.478. The van der Waals surface area contributed by atoms with E-state index in [9.17, 15) is 5.11 Å². The molecule has 0 amide bonds. The Morgan fingerprint density at radius 3 is 2.84 bits per heavy atom. The average Bonchev–Trinajstić information content (AvgIpc) is 3.34. The van der Waals surface area contributed by atoms with Crippen LogP contribution < -0.4 is 5.32 Å². The molecule has 2 aromatic heterocycles. The summed E-state index contributed by atoms with van der Waals surface area (Å²) >= 11 is 6.57. The summed E-state index contributed by atoms with van der Waals surface area (Å²) in [5, 5.41) is 14.7. The molecule has 0 radical (unpaired) electrons. The summed E-state index contributed by atoms with van der Waals surface area (Å²) < 4.78 is 22.6. The van der Waals surface area contributed by atoms with Crippen molar-refractivity contribution in [3.8, 4) is 0 Å². The van der Waals surface area contributed by atoms with Crippen molar-refractivity contribution in [2.24, 2.45) is 7.05 Å². The fourth-order valence-corrected chi connectivity index (χ4v) is 5.05. The minimum Gasteiger partial charge on any atom is -0.389 e. The molecule has 3 aromatic rings. The Morgan fingerprint density at radius 1 is 1.31 bits per heavy atom. The predicted octanol–water partition coefficient (Wildman–Crippen LogP) is 3.56. The van der Waals surface area contributed by atoms with Crippen LogP contribution in [0, 0.1) is 6.92 Å². The molecule has 7 nitrogen and oxygen atoms in total. The number of aromatic nitrogens is 3. The summed E-state index contributed by atoms with van der Waals surface area (Å²) in [6.45, 7) is 3.73. The average molecular weight is 460 g/mol. The smallest absolute Gasteiger partial charge is 0.227 e. The number of hydrogen-bond acceptors (Lipinski definition) is 6. The van der Waals surface area contributed by atoms with E-state index in [1.54, 1.807) is 6.20 Å². The van der Waals surface area contributed by atoms with Crippen molar-refractivity contribution in [1.29, 1.82) is 0 Å². The SMILES string of the molecule is Cc1c(Nc2ncc3cc(Cl)c([C@@H]4CCN(C5COC[C@H]5O)CC4F)cc3n2)ccn1C. The van der Waals surface area contributed by atoms with E-state index in [4.69, 9.17) is 16.3 Å². The standard InChI is InChI=1S/C23H27ClFN5O2/c1-13-19(4-5-29(13)2)27-23-26-9-14-7-17(24)16(8-20(14)28-23)15-3-6-30(10-18(15)25)21-11-32-12-22(21)31/h4-5,7-9,15,18,21-22,31H,3,6,10-12H2,1-2H3,(H,26,27,28)/t15-,18?,21?,22+/m0/s1. The molecule has 9 heteroatoms. The molecule has 0 spiro atoms. The van der Waals surface area contributed by atoms with Gasteiger partial charge in [-0.1, -0.05) is 11.6 Å². The third-order valence-electron chi connectivity index (χ3n) is 6.79. The number of piperidine rings is 1. The fourth-order valence-electron chi connectivity index (χ4n) is 4.73. The molecule has 4 heterocycles. The summed E-state index contributed by atoms with van der Waals surface area (Å²) in [5.74, 6) is 0.173. The minimum absolute atomic E-state index is 0.135. The summed E-state index contributed by atoms with van der Waals surface area (Å²) in [6.07, 6.45) is 2.68. The van der Waals surface area contributed by atoms with E-state index in [0.717, 1.165) is 27.8 Å². The van der Waals surface area contributed by atoms with Crippen LogP contribution in [-0.4, -0.2) is 69.2 Å². The van der Waals surface area contributed by atoms with Crippen molar-refractivity contribution >= 4 is 34.1 Å². The van der Waals surface area contributed by atoms with E-state index in [1.165, 1.54) is 0 Å². The number of aliphatic hydroxyl groups excluding tert-OH is 1. The van der Waals surface area contributed by atoms with Gasteiger partial charge in [0.25, 0.3) is 0 Å². The van der Waals surface area contributed by atoms with E-state index >= 15 is 4.39 Å². The lowest BCUT2D eigenvalue weighted by Gasteiger charge is -2.39. The zero-order valence-electron chi connectivity index (χ0n) is 18.1. The number of hydrogen-bond donors (Lipinski definition) is 2. The maximum absolute atomic E-state index is 15.3.